The summed E-state index contributed by atoms with van der Waals surface area (Å²) in [5, 5.41) is 0.686. The molecule has 5 heteroatoms. The third kappa shape index (κ3) is 2.73. The number of nitrogens with zero attached hydrogens (tertiary/aromatic N) is 1. The van der Waals surface area contributed by atoms with Crippen LogP contribution >= 0.6 is 11.8 Å². The number of hydrogen-bond acceptors (Lipinski definition) is 5. The van der Waals surface area contributed by atoms with Gasteiger partial charge in [0.2, 0.25) is 0 Å². The third-order valence-corrected chi connectivity index (χ3v) is 3.63. The lowest BCUT2D eigenvalue weighted by atomic mass is 10.3. The van der Waals surface area contributed by atoms with E-state index < -0.39 is 0 Å². The molecule has 1 atom stereocenters. The van der Waals surface area contributed by atoms with E-state index in [9.17, 15) is 0 Å². The Morgan fingerprint density at radius 1 is 1.29 bits per heavy atom. The van der Waals surface area contributed by atoms with Crippen molar-refractivity contribution in [2.75, 3.05) is 6.54 Å². The molecule has 17 heavy (non-hydrogen) atoms. The number of thioether (sulfide) groups is 1. The highest BCUT2D eigenvalue weighted by Crippen LogP contribution is 2.35. The maximum absolute atomic E-state index is 5.76. The van der Waals surface area contributed by atoms with E-state index >= 15 is 0 Å². The average Bonchev–Trinajstić information content (AvgIpc) is 2.83. The van der Waals surface area contributed by atoms with Gasteiger partial charge < -0.3 is 14.6 Å². The molecule has 0 spiro atoms. The Kier molecular flexibility index (Phi) is 3.59. The van der Waals surface area contributed by atoms with Crippen molar-refractivity contribution in [1.29, 1.82) is 0 Å². The molecule has 0 saturated carbocycles. The first-order valence-corrected chi connectivity index (χ1v) is 6.35. The van der Waals surface area contributed by atoms with Crippen LogP contribution in [0.25, 0.3) is 0 Å². The van der Waals surface area contributed by atoms with Gasteiger partial charge in [-0.3, -0.25) is 0 Å². The monoisotopic (exact) mass is 252 g/mol. The lowest BCUT2D eigenvalue weighted by Crippen LogP contribution is -2.08. The standard InChI is InChI=1S/C12H16N2O2S/c1-7-4-5-10(15-7)11(6-13)17-12-14-8(2)9(3)16-12/h4-5,11H,6,13H2,1-3H3. The predicted octanol–water partition coefficient (Wildman–Crippen LogP) is 2.98. The van der Waals surface area contributed by atoms with Crippen LogP contribution in [0.5, 0.6) is 0 Å². The summed E-state index contributed by atoms with van der Waals surface area (Å²) >= 11 is 1.49. The Labute approximate surface area is 105 Å². The number of aryl methyl sites for hydroxylation is 3. The summed E-state index contributed by atoms with van der Waals surface area (Å²) in [5.74, 6) is 2.60. The van der Waals surface area contributed by atoms with Crippen molar-refractivity contribution in [2.45, 2.75) is 31.2 Å². The van der Waals surface area contributed by atoms with Gasteiger partial charge >= 0.3 is 0 Å². The quantitative estimate of drug-likeness (QED) is 0.847. The van der Waals surface area contributed by atoms with Gasteiger partial charge in [-0.25, -0.2) is 4.98 Å². The first kappa shape index (κ1) is 12.3. The fraction of sp³-hybridized carbons (Fsp3) is 0.417. The van der Waals surface area contributed by atoms with Crippen LogP contribution in [0.4, 0.5) is 0 Å². The van der Waals surface area contributed by atoms with Crippen molar-refractivity contribution in [3.8, 4) is 0 Å². The summed E-state index contributed by atoms with van der Waals surface area (Å²) in [4.78, 5) is 4.33. The van der Waals surface area contributed by atoms with E-state index in [0.29, 0.717) is 11.8 Å². The maximum Gasteiger partial charge on any atom is 0.256 e. The van der Waals surface area contributed by atoms with Gasteiger partial charge in [-0.05, 0) is 32.9 Å². The molecule has 2 N–H and O–H groups in total. The van der Waals surface area contributed by atoms with Gasteiger partial charge in [0.15, 0.2) is 0 Å². The van der Waals surface area contributed by atoms with Crippen LogP contribution in [0.2, 0.25) is 0 Å². The van der Waals surface area contributed by atoms with Crippen LogP contribution in [0.15, 0.2) is 26.2 Å². The molecule has 0 bridgehead atoms. The minimum absolute atomic E-state index is 0.0427. The SMILES string of the molecule is Cc1ccc(C(CN)Sc2nc(C)c(C)o2)o1. The van der Waals surface area contributed by atoms with E-state index in [2.05, 4.69) is 4.98 Å². The van der Waals surface area contributed by atoms with E-state index in [1.807, 2.05) is 32.9 Å². The van der Waals surface area contributed by atoms with E-state index in [1.165, 1.54) is 11.8 Å². The zero-order valence-corrected chi connectivity index (χ0v) is 11.0. The van der Waals surface area contributed by atoms with Crippen LogP contribution in [0.3, 0.4) is 0 Å². The molecular weight excluding hydrogens is 236 g/mol. The van der Waals surface area contributed by atoms with E-state index in [1.54, 1.807) is 0 Å². The topological polar surface area (TPSA) is 65.2 Å². The Morgan fingerprint density at radius 3 is 2.53 bits per heavy atom. The summed E-state index contributed by atoms with van der Waals surface area (Å²) in [7, 11) is 0. The van der Waals surface area contributed by atoms with Crippen molar-refractivity contribution >= 4 is 11.8 Å². The van der Waals surface area contributed by atoms with E-state index in [-0.39, 0.29) is 5.25 Å². The minimum Gasteiger partial charge on any atom is -0.465 e. The maximum atomic E-state index is 5.76. The number of nitrogens with two attached hydrogens (primary N) is 1. The zero-order chi connectivity index (χ0) is 12.4. The average molecular weight is 252 g/mol. The highest BCUT2D eigenvalue weighted by atomic mass is 32.2. The Bertz CT molecular complexity index is 485. The Balaban J connectivity index is 2.15. The number of rotatable bonds is 4. The molecular formula is C12H16N2O2S. The molecule has 2 aromatic rings. The molecule has 2 rings (SSSR count). The molecule has 2 aromatic heterocycles. The first-order valence-electron chi connectivity index (χ1n) is 5.47. The molecule has 0 fully saturated rings. The van der Waals surface area contributed by atoms with Crippen molar-refractivity contribution in [3.05, 3.63) is 35.1 Å². The number of hydrogen-bond donors (Lipinski definition) is 1. The number of oxazole rings is 1. The third-order valence-electron chi connectivity index (χ3n) is 2.54. The second-order valence-electron chi connectivity index (χ2n) is 3.91. The largest absolute Gasteiger partial charge is 0.465 e. The highest BCUT2D eigenvalue weighted by Gasteiger charge is 2.18. The summed E-state index contributed by atoms with van der Waals surface area (Å²) < 4.78 is 11.1. The molecule has 0 aromatic carbocycles. The highest BCUT2D eigenvalue weighted by molar-refractivity contribution is 7.99. The van der Waals surface area contributed by atoms with Gasteiger partial charge in [0.05, 0.1) is 10.9 Å². The van der Waals surface area contributed by atoms with Gasteiger partial charge in [-0.1, -0.05) is 11.8 Å². The van der Waals surface area contributed by atoms with Crippen molar-refractivity contribution in [1.82, 2.24) is 4.98 Å². The molecule has 0 saturated heterocycles. The molecule has 0 aliphatic heterocycles. The van der Waals surface area contributed by atoms with Crippen LogP contribution in [-0.2, 0) is 0 Å². The molecule has 0 aliphatic rings. The molecule has 92 valence electrons. The van der Waals surface area contributed by atoms with Gasteiger partial charge in [0.1, 0.15) is 17.3 Å². The molecule has 2 heterocycles. The lowest BCUT2D eigenvalue weighted by molar-refractivity contribution is 0.427. The fourth-order valence-electron chi connectivity index (χ4n) is 1.46. The van der Waals surface area contributed by atoms with Crippen LogP contribution < -0.4 is 5.73 Å². The summed E-state index contributed by atoms with van der Waals surface area (Å²) in [6, 6.07) is 3.88. The second kappa shape index (κ2) is 4.98. The lowest BCUT2D eigenvalue weighted by Gasteiger charge is -2.08. The number of aromatic nitrogens is 1. The fourth-order valence-corrected chi connectivity index (χ4v) is 2.41. The smallest absolute Gasteiger partial charge is 0.256 e. The normalized spacial score (nSPS) is 12.9. The van der Waals surface area contributed by atoms with Crippen molar-refractivity contribution in [2.24, 2.45) is 5.73 Å². The molecule has 4 nitrogen and oxygen atoms in total. The summed E-state index contributed by atoms with van der Waals surface area (Å²) in [6.45, 7) is 6.23. The van der Waals surface area contributed by atoms with Crippen LogP contribution in [0, 0.1) is 20.8 Å². The summed E-state index contributed by atoms with van der Waals surface area (Å²) in [6.07, 6.45) is 0. The van der Waals surface area contributed by atoms with E-state index in [0.717, 1.165) is 23.0 Å². The molecule has 0 aliphatic carbocycles. The Morgan fingerprint density at radius 2 is 2.06 bits per heavy atom. The summed E-state index contributed by atoms with van der Waals surface area (Å²) in [5.41, 5.74) is 6.67. The van der Waals surface area contributed by atoms with Gasteiger partial charge in [0, 0.05) is 6.54 Å². The zero-order valence-electron chi connectivity index (χ0n) is 10.2. The van der Waals surface area contributed by atoms with Crippen LogP contribution in [-0.4, -0.2) is 11.5 Å². The van der Waals surface area contributed by atoms with Crippen molar-refractivity contribution < 1.29 is 8.83 Å². The van der Waals surface area contributed by atoms with Gasteiger partial charge in [-0.2, -0.15) is 0 Å². The predicted molar refractivity (Wildman–Crippen MR) is 67.1 cm³/mol. The van der Waals surface area contributed by atoms with Gasteiger partial charge in [0.25, 0.3) is 5.22 Å². The van der Waals surface area contributed by atoms with Crippen LogP contribution in [0.1, 0.15) is 28.2 Å². The van der Waals surface area contributed by atoms with E-state index in [4.69, 9.17) is 14.6 Å². The second-order valence-corrected chi connectivity index (χ2v) is 5.07. The molecule has 0 amide bonds. The Hall–Kier alpha value is -1.20. The molecule has 0 radical (unpaired) electrons. The first-order chi connectivity index (χ1) is 8.10. The minimum atomic E-state index is 0.0427. The molecule has 1 unspecified atom stereocenters. The van der Waals surface area contributed by atoms with Crippen molar-refractivity contribution in [3.63, 3.8) is 0 Å². The van der Waals surface area contributed by atoms with Gasteiger partial charge in [-0.15, -0.1) is 0 Å². The number of furan rings is 1.